The molecule has 0 aromatic heterocycles. The van der Waals surface area contributed by atoms with Crippen LogP contribution in [0.2, 0.25) is 0 Å². The average Bonchev–Trinajstić information content (AvgIpc) is 2.34. The van der Waals surface area contributed by atoms with E-state index in [1.807, 2.05) is 0 Å². The molecule has 0 spiro atoms. The van der Waals surface area contributed by atoms with Crippen molar-refractivity contribution in [2.45, 2.75) is 4.90 Å². The number of rotatable bonds is 3. The van der Waals surface area contributed by atoms with Gasteiger partial charge in [0.1, 0.15) is 0 Å². The van der Waals surface area contributed by atoms with Gasteiger partial charge in [-0.15, -0.1) is 0 Å². The molecule has 0 saturated heterocycles. The number of benzene rings is 1. The van der Waals surface area contributed by atoms with E-state index in [1.165, 1.54) is 0 Å². The number of nitrogens with two attached hydrogens (primary N) is 4. The van der Waals surface area contributed by atoms with Crippen molar-refractivity contribution in [1.82, 2.24) is 0 Å². The van der Waals surface area contributed by atoms with Crippen LogP contribution >= 0.6 is 0 Å². The lowest BCUT2D eigenvalue weighted by Gasteiger charge is -2.19. The molecule has 4 amide bonds. The fraction of sp³-hybridized carbons (Fsp3) is 0. The predicted molar refractivity (Wildman–Crippen MR) is 68.8 cm³/mol. The van der Waals surface area contributed by atoms with Gasteiger partial charge in [-0.2, -0.15) is 8.42 Å². The van der Waals surface area contributed by atoms with Gasteiger partial charge in [-0.3, -0.25) is 4.55 Å². The molecule has 0 fully saturated rings. The second kappa shape index (κ2) is 5.30. The molecule has 0 unspecified atom stereocenters. The highest BCUT2D eigenvalue weighted by atomic mass is 32.2. The molecule has 0 radical (unpaired) electrons. The summed E-state index contributed by atoms with van der Waals surface area (Å²) in [7, 11) is -4.63. The molecule has 12 heteroatoms. The highest BCUT2D eigenvalue weighted by molar-refractivity contribution is 7.85. The number of primary amides is 2. The Bertz CT molecular complexity index is 621. The number of amides is 4. The second-order valence-electron chi connectivity index (χ2n) is 3.58. The minimum absolute atomic E-state index is 0.223. The van der Waals surface area contributed by atoms with Crippen LogP contribution in [0.5, 0.6) is 0 Å². The SMILES string of the molecule is NC(=O)N(N)c1cc(N(N)C(N)=O)cc(S(=O)(=O)O)c1. The number of hydrogen-bond acceptors (Lipinski definition) is 6. The van der Waals surface area contributed by atoms with E-state index in [0.29, 0.717) is 10.0 Å². The molecule has 20 heavy (non-hydrogen) atoms. The number of hydrogen-bond donors (Lipinski definition) is 5. The van der Waals surface area contributed by atoms with Gasteiger partial charge in [-0.25, -0.2) is 31.3 Å². The lowest BCUT2D eigenvalue weighted by Crippen LogP contribution is -2.43. The lowest BCUT2D eigenvalue weighted by atomic mass is 10.2. The van der Waals surface area contributed by atoms with Crippen LogP contribution in [0.1, 0.15) is 0 Å². The molecular weight excluding hydrogens is 292 g/mol. The highest BCUT2D eigenvalue weighted by Gasteiger charge is 2.19. The van der Waals surface area contributed by atoms with E-state index < -0.39 is 27.1 Å². The Hall–Kier alpha value is -2.41. The Balaban J connectivity index is 3.51. The maximum atomic E-state index is 11.1. The molecule has 110 valence electrons. The van der Waals surface area contributed by atoms with Crippen molar-refractivity contribution in [2.24, 2.45) is 23.2 Å². The molecule has 1 rings (SSSR count). The van der Waals surface area contributed by atoms with Gasteiger partial charge >= 0.3 is 12.1 Å². The summed E-state index contributed by atoms with van der Waals surface area (Å²) in [6.07, 6.45) is 0. The average molecular weight is 304 g/mol. The lowest BCUT2D eigenvalue weighted by molar-refractivity contribution is 0.253. The number of anilines is 2. The zero-order valence-electron chi connectivity index (χ0n) is 9.92. The summed E-state index contributed by atoms with van der Waals surface area (Å²) in [6.45, 7) is 0. The van der Waals surface area contributed by atoms with Crippen molar-refractivity contribution in [2.75, 3.05) is 10.0 Å². The monoisotopic (exact) mass is 304 g/mol. The molecule has 0 atom stereocenters. The van der Waals surface area contributed by atoms with E-state index in [4.69, 9.17) is 27.7 Å². The molecule has 0 saturated carbocycles. The largest absolute Gasteiger partial charge is 0.350 e. The number of urea groups is 2. The zero-order chi connectivity index (χ0) is 15.7. The van der Waals surface area contributed by atoms with Crippen LogP contribution in [0.4, 0.5) is 21.0 Å². The minimum Gasteiger partial charge on any atom is -0.350 e. The summed E-state index contributed by atoms with van der Waals surface area (Å²) in [5.41, 5.74) is 9.41. The van der Waals surface area contributed by atoms with E-state index >= 15 is 0 Å². The molecule has 0 aliphatic carbocycles. The van der Waals surface area contributed by atoms with Crippen LogP contribution in [0.25, 0.3) is 0 Å². The first kappa shape index (κ1) is 15.6. The van der Waals surface area contributed by atoms with Crippen LogP contribution < -0.4 is 33.2 Å². The smallest absolute Gasteiger partial charge is 0.333 e. The van der Waals surface area contributed by atoms with Crippen molar-refractivity contribution >= 4 is 33.6 Å². The summed E-state index contributed by atoms with van der Waals surface area (Å²) in [5.74, 6) is 10.6. The molecule has 1 aromatic rings. The van der Waals surface area contributed by atoms with Crippen molar-refractivity contribution in [3.8, 4) is 0 Å². The third-order valence-corrected chi connectivity index (χ3v) is 3.04. The summed E-state index contributed by atoms with van der Waals surface area (Å²) < 4.78 is 31.3. The maximum absolute atomic E-state index is 11.1. The quantitative estimate of drug-likeness (QED) is 0.192. The van der Waals surface area contributed by atoms with Crippen LogP contribution in [-0.4, -0.2) is 25.0 Å². The Morgan fingerprint density at radius 1 is 0.950 bits per heavy atom. The Morgan fingerprint density at radius 3 is 1.55 bits per heavy atom. The molecule has 0 bridgehead atoms. The molecular formula is C8H12N6O5S. The molecule has 11 nitrogen and oxygen atoms in total. The van der Waals surface area contributed by atoms with E-state index in [2.05, 4.69) is 0 Å². The van der Waals surface area contributed by atoms with Crippen molar-refractivity contribution in [3.05, 3.63) is 18.2 Å². The molecule has 0 aliphatic rings. The molecule has 0 heterocycles. The van der Waals surface area contributed by atoms with Gasteiger partial charge < -0.3 is 11.5 Å². The third-order valence-electron chi connectivity index (χ3n) is 2.21. The van der Waals surface area contributed by atoms with Gasteiger partial charge in [0.05, 0.1) is 16.3 Å². The van der Waals surface area contributed by atoms with Crippen molar-refractivity contribution in [1.29, 1.82) is 0 Å². The summed E-state index contributed by atoms with van der Waals surface area (Å²) >= 11 is 0. The first-order valence-electron chi connectivity index (χ1n) is 4.85. The van der Waals surface area contributed by atoms with Gasteiger partial charge in [-0.1, -0.05) is 0 Å². The third kappa shape index (κ3) is 3.33. The normalized spacial score (nSPS) is 10.9. The van der Waals surface area contributed by atoms with Gasteiger partial charge in [-0.05, 0) is 18.2 Å². The van der Waals surface area contributed by atoms with Crippen molar-refractivity contribution < 1.29 is 22.6 Å². The Kier molecular flexibility index (Phi) is 4.14. The summed E-state index contributed by atoms with van der Waals surface area (Å²) in [5, 5.41) is 0.792. The van der Waals surface area contributed by atoms with E-state index in [1.54, 1.807) is 0 Å². The Morgan fingerprint density at radius 2 is 1.30 bits per heavy atom. The topological polar surface area (TPSA) is 199 Å². The van der Waals surface area contributed by atoms with Crippen molar-refractivity contribution in [3.63, 3.8) is 0 Å². The molecule has 0 aliphatic heterocycles. The van der Waals surface area contributed by atoms with E-state index in [0.717, 1.165) is 18.2 Å². The summed E-state index contributed by atoms with van der Waals surface area (Å²) in [6, 6.07) is 0.582. The summed E-state index contributed by atoms with van der Waals surface area (Å²) in [4.78, 5) is 21.2. The van der Waals surface area contributed by atoms with Gasteiger partial charge in [0.15, 0.2) is 0 Å². The van der Waals surface area contributed by atoms with Crippen LogP contribution in [0.15, 0.2) is 23.1 Å². The molecule has 1 aromatic carbocycles. The fourth-order valence-corrected chi connectivity index (χ4v) is 1.79. The van der Waals surface area contributed by atoms with Crippen LogP contribution in [0, 0.1) is 0 Å². The van der Waals surface area contributed by atoms with Gasteiger partial charge in [0, 0.05) is 0 Å². The first-order chi connectivity index (χ1) is 9.04. The van der Waals surface area contributed by atoms with E-state index in [-0.39, 0.29) is 11.4 Å². The van der Waals surface area contributed by atoms with Gasteiger partial charge in [0.2, 0.25) is 0 Å². The van der Waals surface area contributed by atoms with E-state index in [9.17, 15) is 18.0 Å². The Labute approximate surface area is 113 Å². The number of hydrazine groups is 2. The predicted octanol–water partition coefficient (Wildman–Crippen LogP) is -1.55. The second-order valence-corrected chi connectivity index (χ2v) is 5.00. The standard InChI is InChI=1S/C8H12N6O5S/c9-7(15)13(11)4-1-5(14(12)8(10)16)3-6(2-4)20(17,18)19/h1-3H,11-12H2,(H2,9,15)(H2,10,16)(H,17,18,19). The zero-order valence-corrected chi connectivity index (χ0v) is 10.7. The number of nitrogens with zero attached hydrogens (tertiary/aromatic N) is 2. The van der Waals surface area contributed by atoms with Gasteiger partial charge in [0.25, 0.3) is 10.1 Å². The fourth-order valence-electron chi connectivity index (χ4n) is 1.25. The van der Waals surface area contributed by atoms with Crippen LogP contribution in [-0.2, 0) is 10.1 Å². The highest BCUT2D eigenvalue weighted by Crippen LogP contribution is 2.25. The van der Waals surface area contributed by atoms with Crippen LogP contribution in [0.3, 0.4) is 0 Å². The molecule has 9 N–H and O–H groups in total. The number of carbonyl (C=O) groups excluding carboxylic acids is 2. The number of carbonyl (C=O) groups is 2. The minimum atomic E-state index is -4.63. The first-order valence-corrected chi connectivity index (χ1v) is 6.29. The maximum Gasteiger partial charge on any atom is 0.333 e.